The maximum absolute atomic E-state index is 14.5. The van der Waals surface area contributed by atoms with Crippen LogP contribution in [0.3, 0.4) is 0 Å². The van der Waals surface area contributed by atoms with E-state index in [9.17, 15) is 4.79 Å². The van der Waals surface area contributed by atoms with Gasteiger partial charge in [-0.15, -0.1) is 0 Å². The standard InChI is InChI=1S/C31H33Cl4N3O3/c1-36(18-22-12-24(32)14-26(34)28(22)40-2)30(39)31(16-20-6-4-5-7-21(20)17-31)38-10-8-37(9-11-38)19-23-13-25(33)15-27(35)29(23)41-3/h4-7,12-15H,8-11,16-19H2,1-3H3. The number of carbonyl (C=O) groups is 1. The molecule has 6 nitrogen and oxygen atoms in total. The van der Waals surface area contributed by atoms with E-state index in [4.69, 9.17) is 55.9 Å². The molecule has 1 fully saturated rings. The molecule has 0 bridgehead atoms. The normalized spacial score (nSPS) is 16.9. The van der Waals surface area contributed by atoms with Crippen molar-refractivity contribution in [1.82, 2.24) is 14.7 Å². The van der Waals surface area contributed by atoms with Crippen molar-refractivity contribution in [3.8, 4) is 11.5 Å². The van der Waals surface area contributed by atoms with Crippen LogP contribution in [0.2, 0.25) is 20.1 Å². The van der Waals surface area contributed by atoms with E-state index in [1.54, 1.807) is 37.3 Å². The molecule has 10 heteroatoms. The first-order valence-electron chi connectivity index (χ1n) is 13.5. The zero-order valence-electron chi connectivity index (χ0n) is 23.4. The van der Waals surface area contributed by atoms with Crippen molar-refractivity contribution in [2.75, 3.05) is 47.4 Å². The van der Waals surface area contributed by atoms with Gasteiger partial charge in [-0.1, -0.05) is 70.7 Å². The lowest BCUT2D eigenvalue weighted by Gasteiger charge is -2.46. The number of hydrogen-bond donors (Lipinski definition) is 0. The first-order valence-corrected chi connectivity index (χ1v) is 15.0. The Bertz CT molecular complexity index is 1420. The summed E-state index contributed by atoms with van der Waals surface area (Å²) in [5.74, 6) is 1.25. The minimum absolute atomic E-state index is 0.0728. The summed E-state index contributed by atoms with van der Waals surface area (Å²) in [4.78, 5) is 21.0. The van der Waals surface area contributed by atoms with E-state index < -0.39 is 5.54 Å². The SMILES string of the molecule is COc1c(Cl)cc(Cl)cc1CN1CCN(C2(C(=O)N(C)Cc3cc(Cl)cc(Cl)c3OC)Cc3ccccc3C2)CC1. The number of halogens is 4. The number of benzene rings is 3. The van der Waals surface area contributed by atoms with Crippen LogP contribution in [0, 0.1) is 0 Å². The maximum atomic E-state index is 14.5. The summed E-state index contributed by atoms with van der Waals surface area (Å²) in [7, 11) is 5.03. The molecule has 1 aliphatic heterocycles. The van der Waals surface area contributed by atoms with Gasteiger partial charge in [0.2, 0.25) is 5.91 Å². The zero-order chi connectivity index (χ0) is 29.3. The number of piperazine rings is 1. The van der Waals surface area contributed by atoms with E-state index >= 15 is 0 Å². The lowest BCUT2D eigenvalue weighted by molar-refractivity contribution is -0.145. The van der Waals surface area contributed by atoms with Crippen molar-refractivity contribution in [3.63, 3.8) is 0 Å². The molecule has 2 aliphatic rings. The monoisotopic (exact) mass is 635 g/mol. The van der Waals surface area contributed by atoms with Crippen LogP contribution in [0.5, 0.6) is 11.5 Å². The molecule has 0 unspecified atom stereocenters. The van der Waals surface area contributed by atoms with Crippen molar-refractivity contribution in [2.24, 2.45) is 0 Å². The number of amides is 1. The molecule has 0 radical (unpaired) electrons. The van der Waals surface area contributed by atoms with Crippen molar-refractivity contribution < 1.29 is 14.3 Å². The minimum atomic E-state index is -0.683. The van der Waals surface area contributed by atoms with Gasteiger partial charge in [0.1, 0.15) is 17.0 Å². The number of methoxy groups -OCH3 is 2. The van der Waals surface area contributed by atoms with Gasteiger partial charge in [-0.2, -0.15) is 0 Å². The number of ether oxygens (including phenoxy) is 2. The molecule has 3 aromatic rings. The van der Waals surface area contributed by atoms with Gasteiger partial charge in [-0.3, -0.25) is 14.6 Å². The third-order valence-corrected chi connectivity index (χ3v) is 9.18. The van der Waals surface area contributed by atoms with Gasteiger partial charge in [-0.25, -0.2) is 0 Å². The second-order valence-electron chi connectivity index (χ2n) is 10.7. The highest BCUT2D eigenvalue weighted by Gasteiger charge is 2.50. The van der Waals surface area contributed by atoms with E-state index in [-0.39, 0.29) is 5.91 Å². The molecule has 1 amide bonds. The average Bonchev–Trinajstić information content (AvgIpc) is 3.33. The quantitative estimate of drug-likeness (QED) is 0.278. The van der Waals surface area contributed by atoms with E-state index in [1.807, 2.05) is 25.2 Å². The molecular weight excluding hydrogens is 604 g/mol. The zero-order valence-corrected chi connectivity index (χ0v) is 26.4. The van der Waals surface area contributed by atoms with E-state index in [1.165, 1.54) is 11.1 Å². The molecule has 0 atom stereocenters. The Morgan fingerprint density at radius 3 is 1.88 bits per heavy atom. The van der Waals surface area contributed by atoms with Gasteiger partial charge in [-0.05, 0) is 35.4 Å². The summed E-state index contributed by atoms with van der Waals surface area (Å²) in [5.41, 5.74) is 3.48. The Kier molecular flexibility index (Phi) is 9.29. The highest BCUT2D eigenvalue weighted by atomic mass is 35.5. The third-order valence-electron chi connectivity index (χ3n) is 8.19. The van der Waals surface area contributed by atoms with Crippen molar-refractivity contribution >= 4 is 52.3 Å². The van der Waals surface area contributed by atoms with Crippen LogP contribution >= 0.6 is 46.4 Å². The highest BCUT2D eigenvalue weighted by molar-refractivity contribution is 6.36. The molecular formula is C31H33Cl4N3O3. The fourth-order valence-corrected chi connectivity index (χ4v) is 7.51. The van der Waals surface area contributed by atoms with Crippen molar-refractivity contribution in [3.05, 3.63) is 90.9 Å². The first-order chi connectivity index (χ1) is 19.6. The van der Waals surface area contributed by atoms with E-state index in [2.05, 4.69) is 21.9 Å². The van der Waals surface area contributed by atoms with Crippen LogP contribution in [0.1, 0.15) is 22.3 Å². The van der Waals surface area contributed by atoms with Crippen LogP contribution in [0.15, 0.2) is 48.5 Å². The number of nitrogens with zero attached hydrogens (tertiary/aromatic N) is 3. The Morgan fingerprint density at radius 2 is 1.34 bits per heavy atom. The topological polar surface area (TPSA) is 45.2 Å². The summed E-state index contributed by atoms with van der Waals surface area (Å²) in [6.45, 7) is 4.07. The molecule has 41 heavy (non-hydrogen) atoms. The summed E-state index contributed by atoms with van der Waals surface area (Å²) >= 11 is 25.4. The molecule has 1 saturated heterocycles. The molecule has 3 aromatic carbocycles. The van der Waals surface area contributed by atoms with Crippen LogP contribution in [0.4, 0.5) is 0 Å². The Hall–Kier alpha value is -2.19. The van der Waals surface area contributed by atoms with Crippen LogP contribution in [-0.2, 0) is 30.7 Å². The number of carbonyl (C=O) groups excluding carboxylic acids is 1. The fraction of sp³-hybridized carbons (Fsp3) is 0.387. The molecule has 0 spiro atoms. The summed E-state index contributed by atoms with van der Waals surface area (Å²) in [6.07, 6.45) is 1.33. The molecule has 0 saturated carbocycles. The number of fused-ring (bicyclic) bond motifs is 1. The average molecular weight is 637 g/mol. The molecule has 1 aliphatic carbocycles. The van der Waals surface area contributed by atoms with Gasteiger partial charge in [0, 0.05) is 80.3 Å². The number of likely N-dealkylation sites (N-methyl/N-ethyl adjacent to an activating group) is 1. The lowest BCUT2D eigenvalue weighted by Crippen LogP contribution is -2.64. The van der Waals surface area contributed by atoms with Gasteiger partial charge in [0.05, 0.1) is 24.3 Å². The summed E-state index contributed by atoms with van der Waals surface area (Å²) in [6, 6.07) is 15.4. The predicted octanol–water partition coefficient (Wildman–Crippen LogP) is 6.63. The molecule has 218 valence electrons. The Labute approximate surface area is 261 Å². The largest absolute Gasteiger partial charge is 0.495 e. The van der Waals surface area contributed by atoms with Gasteiger partial charge in [0.25, 0.3) is 0 Å². The second kappa shape index (κ2) is 12.6. The molecule has 5 rings (SSSR count). The summed E-state index contributed by atoms with van der Waals surface area (Å²) in [5, 5.41) is 2.01. The highest BCUT2D eigenvalue weighted by Crippen LogP contribution is 2.39. The Morgan fingerprint density at radius 1 is 0.829 bits per heavy atom. The lowest BCUT2D eigenvalue weighted by atomic mass is 9.90. The fourth-order valence-electron chi connectivity index (χ4n) is 6.28. The Balaban J connectivity index is 1.37. The second-order valence-corrected chi connectivity index (χ2v) is 12.4. The summed E-state index contributed by atoms with van der Waals surface area (Å²) < 4.78 is 11.1. The predicted molar refractivity (Wildman–Crippen MR) is 166 cm³/mol. The maximum Gasteiger partial charge on any atom is 0.243 e. The van der Waals surface area contributed by atoms with Crippen LogP contribution in [0.25, 0.3) is 0 Å². The number of hydrogen-bond acceptors (Lipinski definition) is 5. The van der Waals surface area contributed by atoms with Gasteiger partial charge >= 0.3 is 0 Å². The van der Waals surface area contributed by atoms with Crippen LogP contribution < -0.4 is 9.47 Å². The third kappa shape index (κ3) is 6.15. The molecule has 0 N–H and O–H groups in total. The molecule has 1 heterocycles. The van der Waals surface area contributed by atoms with Crippen LogP contribution in [-0.4, -0.2) is 73.6 Å². The minimum Gasteiger partial charge on any atom is -0.495 e. The van der Waals surface area contributed by atoms with Gasteiger partial charge < -0.3 is 14.4 Å². The van der Waals surface area contributed by atoms with Crippen molar-refractivity contribution in [2.45, 2.75) is 31.5 Å². The van der Waals surface area contributed by atoms with E-state index in [0.717, 1.165) is 37.3 Å². The molecule has 0 aromatic heterocycles. The van der Waals surface area contributed by atoms with Crippen molar-refractivity contribution in [1.29, 1.82) is 0 Å². The van der Waals surface area contributed by atoms with Gasteiger partial charge in [0.15, 0.2) is 0 Å². The smallest absolute Gasteiger partial charge is 0.243 e. The van der Waals surface area contributed by atoms with E-state index in [0.29, 0.717) is 57.5 Å². The first kappa shape index (κ1) is 30.3. The number of rotatable bonds is 8.